The van der Waals surface area contributed by atoms with E-state index in [0.717, 1.165) is 24.1 Å². The van der Waals surface area contributed by atoms with Gasteiger partial charge in [-0.1, -0.05) is 24.3 Å². The monoisotopic (exact) mass is 278 g/mol. The second-order valence-corrected chi connectivity index (χ2v) is 5.19. The van der Waals surface area contributed by atoms with E-state index in [-0.39, 0.29) is 18.6 Å². The Kier molecular flexibility index (Phi) is 5.38. The number of ether oxygens (including phenoxy) is 1. The number of hydrogen-bond donors (Lipinski definition) is 2. The molecule has 2 amide bonds. The van der Waals surface area contributed by atoms with Crippen molar-refractivity contribution < 1.29 is 14.6 Å². The first-order chi connectivity index (χ1) is 9.72. The van der Waals surface area contributed by atoms with E-state index in [1.54, 1.807) is 12.0 Å². The smallest absolute Gasteiger partial charge is 0.317 e. The fourth-order valence-corrected chi connectivity index (χ4v) is 2.45. The molecule has 0 saturated carbocycles. The van der Waals surface area contributed by atoms with E-state index in [2.05, 4.69) is 5.32 Å². The molecular formula is C15H22N2O3. The van der Waals surface area contributed by atoms with E-state index in [1.807, 2.05) is 24.3 Å². The van der Waals surface area contributed by atoms with Gasteiger partial charge in [0.1, 0.15) is 0 Å². The average molecular weight is 278 g/mol. The molecule has 1 aliphatic heterocycles. The number of amides is 2. The topological polar surface area (TPSA) is 61.8 Å². The van der Waals surface area contributed by atoms with E-state index in [9.17, 15) is 4.79 Å². The molecule has 5 nitrogen and oxygen atoms in total. The van der Waals surface area contributed by atoms with Crippen LogP contribution in [-0.2, 0) is 17.9 Å². The van der Waals surface area contributed by atoms with Gasteiger partial charge < -0.3 is 20.1 Å². The van der Waals surface area contributed by atoms with Crippen molar-refractivity contribution in [2.75, 3.05) is 26.8 Å². The molecule has 2 N–H and O–H groups in total. The minimum atomic E-state index is -0.0573. The fourth-order valence-electron chi connectivity index (χ4n) is 2.45. The fraction of sp³-hybridized carbons (Fsp3) is 0.533. The average Bonchev–Trinajstić information content (AvgIpc) is 2.94. The molecule has 1 fully saturated rings. The molecule has 1 heterocycles. The number of likely N-dealkylation sites (tertiary alicyclic amines) is 1. The standard InChI is InChI=1S/C15H22N2O3/c1-20-11-13-4-2-3-12(7-13)8-16-15(19)17-6-5-14(9-17)10-18/h2-4,7,14,18H,5-6,8-11H2,1H3,(H,16,19). The summed E-state index contributed by atoms with van der Waals surface area (Å²) in [5.74, 6) is 0.228. The molecule has 1 aliphatic rings. The summed E-state index contributed by atoms with van der Waals surface area (Å²) in [7, 11) is 1.67. The van der Waals surface area contributed by atoms with Crippen molar-refractivity contribution in [1.29, 1.82) is 0 Å². The highest BCUT2D eigenvalue weighted by Crippen LogP contribution is 2.15. The molecule has 1 unspecified atom stereocenters. The normalized spacial score (nSPS) is 18.3. The van der Waals surface area contributed by atoms with Crippen LogP contribution in [0.15, 0.2) is 24.3 Å². The molecule has 1 atom stereocenters. The first-order valence-electron chi connectivity index (χ1n) is 6.93. The Morgan fingerprint density at radius 3 is 3.00 bits per heavy atom. The zero-order valence-electron chi connectivity index (χ0n) is 11.8. The zero-order chi connectivity index (χ0) is 14.4. The van der Waals surface area contributed by atoms with Crippen LogP contribution in [0.25, 0.3) is 0 Å². The Morgan fingerprint density at radius 2 is 2.30 bits per heavy atom. The van der Waals surface area contributed by atoms with Crippen LogP contribution in [0.4, 0.5) is 4.79 Å². The summed E-state index contributed by atoms with van der Waals surface area (Å²) in [5.41, 5.74) is 2.16. The van der Waals surface area contributed by atoms with E-state index in [4.69, 9.17) is 9.84 Å². The van der Waals surface area contributed by atoms with Crippen LogP contribution in [-0.4, -0.2) is 42.8 Å². The number of aliphatic hydroxyl groups is 1. The van der Waals surface area contributed by atoms with Crippen molar-refractivity contribution in [3.8, 4) is 0 Å². The van der Waals surface area contributed by atoms with Crippen molar-refractivity contribution in [1.82, 2.24) is 10.2 Å². The minimum absolute atomic E-state index is 0.0573. The van der Waals surface area contributed by atoms with Crippen LogP contribution >= 0.6 is 0 Å². The lowest BCUT2D eigenvalue weighted by atomic mass is 10.1. The van der Waals surface area contributed by atoms with Gasteiger partial charge >= 0.3 is 6.03 Å². The maximum atomic E-state index is 12.0. The summed E-state index contributed by atoms with van der Waals surface area (Å²) in [6.45, 7) is 2.61. The highest BCUT2D eigenvalue weighted by Gasteiger charge is 2.25. The first kappa shape index (κ1) is 14.8. The van der Waals surface area contributed by atoms with Gasteiger partial charge in [0.15, 0.2) is 0 Å². The van der Waals surface area contributed by atoms with Crippen molar-refractivity contribution in [3.05, 3.63) is 35.4 Å². The highest BCUT2D eigenvalue weighted by atomic mass is 16.5. The molecule has 0 bridgehead atoms. The second-order valence-electron chi connectivity index (χ2n) is 5.19. The number of hydrogen-bond acceptors (Lipinski definition) is 3. The van der Waals surface area contributed by atoms with Crippen LogP contribution in [0.1, 0.15) is 17.5 Å². The van der Waals surface area contributed by atoms with Gasteiger partial charge in [-0.05, 0) is 17.5 Å². The molecule has 0 aromatic heterocycles. The van der Waals surface area contributed by atoms with Gasteiger partial charge in [0.05, 0.1) is 6.61 Å². The van der Waals surface area contributed by atoms with Crippen molar-refractivity contribution in [2.45, 2.75) is 19.6 Å². The lowest BCUT2D eigenvalue weighted by molar-refractivity contribution is 0.185. The van der Waals surface area contributed by atoms with Gasteiger partial charge in [0.2, 0.25) is 0 Å². The maximum Gasteiger partial charge on any atom is 0.317 e. The van der Waals surface area contributed by atoms with Gasteiger partial charge in [0.25, 0.3) is 0 Å². The summed E-state index contributed by atoms with van der Waals surface area (Å²) < 4.78 is 5.09. The van der Waals surface area contributed by atoms with Crippen molar-refractivity contribution in [3.63, 3.8) is 0 Å². The number of nitrogens with zero attached hydrogens (tertiary/aromatic N) is 1. The zero-order valence-corrected chi connectivity index (χ0v) is 11.8. The lowest BCUT2D eigenvalue weighted by Crippen LogP contribution is -2.38. The van der Waals surface area contributed by atoms with Gasteiger partial charge in [-0.3, -0.25) is 0 Å². The molecule has 20 heavy (non-hydrogen) atoms. The molecule has 1 aromatic rings. The van der Waals surface area contributed by atoms with E-state index >= 15 is 0 Å². The Balaban J connectivity index is 1.82. The van der Waals surface area contributed by atoms with Gasteiger partial charge in [0, 0.05) is 39.3 Å². The molecule has 0 radical (unpaired) electrons. The quantitative estimate of drug-likeness (QED) is 0.855. The van der Waals surface area contributed by atoms with E-state index in [0.29, 0.717) is 19.7 Å². The second kappa shape index (κ2) is 7.26. The number of urea groups is 1. The summed E-state index contributed by atoms with van der Waals surface area (Å²) in [4.78, 5) is 13.8. The third kappa shape index (κ3) is 3.95. The van der Waals surface area contributed by atoms with Gasteiger partial charge in [-0.15, -0.1) is 0 Å². The number of aliphatic hydroxyl groups excluding tert-OH is 1. The summed E-state index contributed by atoms with van der Waals surface area (Å²) in [6, 6.07) is 7.93. The number of benzene rings is 1. The molecule has 2 rings (SSSR count). The molecule has 5 heteroatoms. The summed E-state index contributed by atoms with van der Waals surface area (Å²) >= 11 is 0. The largest absolute Gasteiger partial charge is 0.396 e. The molecular weight excluding hydrogens is 256 g/mol. The lowest BCUT2D eigenvalue weighted by Gasteiger charge is -2.17. The van der Waals surface area contributed by atoms with E-state index in [1.165, 1.54) is 0 Å². The summed E-state index contributed by atoms with van der Waals surface area (Å²) in [6.07, 6.45) is 0.882. The van der Waals surface area contributed by atoms with E-state index < -0.39 is 0 Å². The number of methoxy groups -OCH3 is 1. The molecule has 110 valence electrons. The Bertz CT molecular complexity index is 450. The Hall–Kier alpha value is -1.59. The van der Waals surface area contributed by atoms with Crippen molar-refractivity contribution >= 4 is 6.03 Å². The van der Waals surface area contributed by atoms with Crippen LogP contribution in [0.5, 0.6) is 0 Å². The summed E-state index contributed by atoms with van der Waals surface area (Å²) in [5, 5.41) is 12.0. The highest BCUT2D eigenvalue weighted by molar-refractivity contribution is 5.74. The van der Waals surface area contributed by atoms with Crippen LogP contribution in [0.2, 0.25) is 0 Å². The molecule has 1 saturated heterocycles. The van der Waals surface area contributed by atoms with Gasteiger partial charge in [-0.2, -0.15) is 0 Å². The van der Waals surface area contributed by atoms with Crippen LogP contribution in [0.3, 0.4) is 0 Å². The number of carbonyl (C=O) groups is 1. The van der Waals surface area contributed by atoms with Crippen molar-refractivity contribution in [2.24, 2.45) is 5.92 Å². The number of rotatable bonds is 5. The Morgan fingerprint density at radius 1 is 1.50 bits per heavy atom. The maximum absolute atomic E-state index is 12.0. The molecule has 0 aliphatic carbocycles. The third-order valence-electron chi connectivity index (χ3n) is 3.58. The molecule has 0 spiro atoms. The van der Waals surface area contributed by atoms with Crippen LogP contribution < -0.4 is 5.32 Å². The number of nitrogens with one attached hydrogen (secondary N) is 1. The first-order valence-corrected chi connectivity index (χ1v) is 6.93. The SMILES string of the molecule is COCc1cccc(CNC(=O)N2CCC(CO)C2)c1. The Labute approximate surface area is 119 Å². The third-order valence-corrected chi connectivity index (χ3v) is 3.58. The predicted octanol–water partition coefficient (Wildman–Crippen LogP) is 1.36. The van der Waals surface area contributed by atoms with Gasteiger partial charge in [-0.25, -0.2) is 4.79 Å². The van der Waals surface area contributed by atoms with Crippen LogP contribution in [0, 0.1) is 5.92 Å². The number of carbonyl (C=O) groups excluding carboxylic acids is 1. The minimum Gasteiger partial charge on any atom is -0.396 e. The molecule has 1 aromatic carbocycles. The predicted molar refractivity (Wildman–Crippen MR) is 76.2 cm³/mol.